The molecule has 0 saturated carbocycles. The molecule has 1 aliphatic heterocycles. The van der Waals surface area contributed by atoms with Crippen LogP contribution < -0.4 is 15.4 Å². The summed E-state index contributed by atoms with van der Waals surface area (Å²) in [6.45, 7) is 10.2. The molecule has 1 saturated heterocycles. The van der Waals surface area contributed by atoms with Gasteiger partial charge >= 0.3 is 0 Å². The number of aryl methyl sites for hydroxylation is 2. The molecule has 0 unspecified atom stereocenters. The number of furan rings is 1. The molecule has 11 heteroatoms. The number of para-hydroxylation sites is 1. The number of aromatic hydroxyl groups is 1. The number of phenolic OH excluding ortho intramolecular Hbond substituents is 1. The number of thiol groups is 1. The molecular weight excluding hydrogens is 514 g/mol. The number of piperazine rings is 1. The van der Waals surface area contributed by atoms with Crippen LogP contribution in [0.4, 0.5) is 11.5 Å². The van der Waals surface area contributed by atoms with Crippen LogP contribution in [0.3, 0.4) is 0 Å². The summed E-state index contributed by atoms with van der Waals surface area (Å²) in [4.78, 5) is 30.6. The lowest BCUT2D eigenvalue weighted by Crippen LogP contribution is -2.49. The van der Waals surface area contributed by atoms with E-state index >= 15 is 0 Å². The van der Waals surface area contributed by atoms with Gasteiger partial charge in [-0.3, -0.25) is 9.79 Å². The minimum absolute atomic E-state index is 0.0946. The van der Waals surface area contributed by atoms with E-state index in [1.54, 1.807) is 29.3 Å². The molecule has 10 nitrogen and oxygen atoms in total. The van der Waals surface area contributed by atoms with E-state index in [4.69, 9.17) is 10.2 Å². The fraction of sp³-hybridized carbons (Fsp3) is 0.357. The number of nitrogens with two attached hydrogens (primary N) is 1. The molecule has 3 heterocycles. The Morgan fingerprint density at radius 3 is 2.49 bits per heavy atom. The van der Waals surface area contributed by atoms with Crippen LogP contribution in [0.1, 0.15) is 47.3 Å². The summed E-state index contributed by atoms with van der Waals surface area (Å²) in [7, 11) is 0. The van der Waals surface area contributed by atoms with E-state index in [9.17, 15) is 9.90 Å². The molecule has 0 aliphatic carbocycles. The summed E-state index contributed by atoms with van der Waals surface area (Å²) in [6.07, 6.45) is 1.75. The van der Waals surface area contributed by atoms with Crippen LogP contribution in [0.15, 0.2) is 63.1 Å². The number of nitrogens with one attached hydrogen (secondary N) is 1. The van der Waals surface area contributed by atoms with Crippen molar-refractivity contribution in [1.82, 2.24) is 14.6 Å². The van der Waals surface area contributed by atoms with E-state index < -0.39 is 0 Å². The number of pyridine rings is 1. The smallest absolute Gasteiger partial charge is 0.257 e. The highest BCUT2D eigenvalue weighted by Crippen LogP contribution is 2.32. The van der Waals surface area contributed by atoms with Crippen LogP contribution in [0, 0.1) is 19.8 Å². The standard InChI is InChI=1S/C28H35N7O3S/c1-17(2)24(22-16-18(3)19(4)38-22)32-26(29)27(33-39)31-21-9-7-8-20(25(21)36)28(37)35-14-12-34(13-15-35)23-10-5-6-11-30-23/h5-11,16-17,24,36,39H,12-15H2,1-4H3,(H2,29,32)(H,31,33)/t24-/m1/s1. The lowest BCUT2D eigenvalue weighted by molar-refractivity contribution is 0.0743. The summed E-state index contributed by atoms with van der Waals surface area (Å²) in [5.74, 6) is 2.26. The van der Waals surface area contributed by atoms with Crippen LogP contribution in [-0.4, -0.2) is 58.7 Å². The molecule has 2 aromatic heterocycles. The summed E-state index contributed by atoms with van der Waals surface area (Å²) < 4.78 is 8.55. The molecule has 0 spiro atoms. The van der Waals surface area contributed by atoms with Crippen molar-refractivity contribution < 1.29 is 14.3 Å². The number of carbonyl (C=O) groups excluding carboxylic acids is 1. The quantitative estimate of drug-likeness (QED) is 0.206. The number of anilines is 1. The van der Waals surface area contributed by atoms with Crippen LogP contribution in [0.5, 0.6) is 5.75 Å². The number of rotatable bonds is 6. The van der Waals surface area contributed by atoms with E-state index in [1.807, 2.05) is 52.0 Å². The average Bonchev–Trinajstić information content (AvgIpc) is 3.28. The fourth-order valence-corrected chi connectivity index (χ4v) is 4.57. The van der Waals surface area contributed by atoms with Crippen LogP contribution in [0.2, 0.25) is 0 Å². The van der Waals surface area contributed by atoms with Crippen molar-refractivity contribution >= 4 is 41.9 Å². The van der Waals surface area contributed by atoms with E-state index in [1.165, 1.54) is 0 Å². The highest BCUT2D eigenvalue weighted by atomic mass is 32.1. The molecule has 4 rings (SSSR count). The lowest BCUT2D eigenvalue weighted by atomic mass is 10.0. The molecule has 1 amide bonds. The Kier molecular flexibility index (Phi) is 8.80. The van der Waals surface area contributed by atoms with Gasteiger partial charge in [0.05, 0.1) is 5.56 Å². The van der Waals surface area contributed by atoms with Crippen molar-refractivity contribution in [3.8, 4) is 5.75 Å². The van der Waals surface area contributed by atoms with Gasteiger partial charge in [-0.1, -0.05) is 38.8 Å². The lowest BCUT2D eigenvalue weighted by Gasteiger charge is -2.35. The molecule has 206 valence electrons. The van der Waals surface area contributed by atoms with Crippen LogP contribution in [0.25, 0.3) is 0 Å². The third-order valence-corrected chi connectivity index (χ3v) is 6.96. The topological polar surface area (TPSA) is 133 Å². The van der Waals surface area contributed by atoms with Crippen LogP contribution >= 0.6 is 12.8 Å². The van der Waals surface area contributed by atoms with Crippen molar-refractivity contribution in [2.45, 2.75) is 33.7 Å². The van der Waals surface area contributed by atoms with Crippen molar-refractivity contribution in [3.05, 3.63) is 71.3 Å². The van der Waals surface area contributed by atoms with Gasteiger partial charge in [0.1, 0.15) is 29.1 Å². The van der Waals surface area contributed by atoms with Gasteiger partial charge < -0.3 is 29.8 Å². The maximum absolute atomic E-state index is 13.3. The predicted molar refractivity (Wildman–Crippen MR) is 157 cm³/mol. The zero-order valence-electron chi connectivity index (χ0n) is 22.6. The third kappa shape index (κ3) is 6.36. The van der Waals surface area contributed by atoms with E-state index in [-0.39, 0.29) is 46.5 Å². The van der Waals surface area contributed by atoms with Crippen molar-refractivity contribution in [2.75, 3.05) is 31.1 Å². The minimum atomic E-state index is -0.337. The molecule has 0 bridgehead atoms. The van der Waals surface area contributed by atoms with E-state index in [0.29, 0.717) is 31.9 Å². The zero-order valence-corrected chi connectivity index (χ0v) is 23.5. The molecule has 1 aliphatic rings. The number of amides is 1. The second-order valence-corrected chi connectivity index (χ2v) is 10.0. The highest BCUT2D eigenvalue weighted by molar-refractivity contribution is 7.78. The monoisotopic (exact) mass is 549 g/mol. The highest BCUT2D eigenvalue weighted by Gasteiger charge is 2.26. The minimum Gasteiger partial charge on any atom is -0.505 e. The summed E-state index contributed by atoms with van der Waals surface area (Å²) in [5.41, 5.74) is 7.70. The number of hydrogen-bond donors (Lipinski definition) is 4. The van der Waals surface area contributed by atoms with E-state index in [0.717, 1.165) is 17.1 Å². The number of phenols is 1. The van der Waals surface area contributed by atoms with Gasteiger partial charge in [0.25, 0.3) is 5.91 Å². The second kappa shape index (κ2) is 12.2. The van der Waals surface area contributed by atoms with Gasteiger partial charge in [0.2, 0.25) is 0 Å². The Bertz CT molecular complexity index is 1340. The largest absolute Gasteiger partial charge is 0.505 e. The first kappa shape index (κ1) is 28.0. The number of benzene rings is 1. The van der Waals surface area contributed by atoms with Gasteiger partial charge in [0, 0.05) is 32.4 Å². The number of hydrogen-bond acceptors (Lipinski definition) is 8. The number of nitrogens with zero attached hydrogens (tertiary/aromatic N) is 5. The second-order valence-electron chi connectivity index (χ2n) is 9.80. The number of aromatic nitrogens is 1. The Morgan fingerprint density at radius 1 is 1.15 bits per heavy atom. The van der Waals surface area contributed by atoms with Crippen LogP contribution in [-0.2, 0) is 0 Å². The number of carbonyl (C=O) groups is 1. The van der Waals surface area contributed by atoms with Gasteiger partial charge in [-0.05, 0) is 55.7 Å². The Morgan fingerprint density at radius 2 is 1.90 bits per heavy atom. The first-order chi connectivity index (χ1) is 18.7. The summed E-state index contributed by atoms with van der Waals surface area (Å²) in [5, 5.41) is 11.0. The first-order valence-corrected chi connectivity index (χ1v) is 13.3. The van der Waals surface area contributed by atoms with E-state index in [2.05, 4.69) is 37.4 Å². The third-order valence-electron chi connectivity index (χ3n) is 6.75. The van der Waals surface area contributed by atoms with Crippen molar-refractivity contribution in [1.29, 1.82) is 0 Å². The Hall–Kier alpha value is -3.99. The predicted octanol–water partition coefficient (Wildman–Crippen LogP) is 4.18. The Labute approximate surface area is 234 Å². The fourth-order valence-electron chi connectivity index (χ4n) is 4.40. The Balaban J connectivity index is 1.54. The van der Waals surface area contributed by atoms with Gasteiger partial charge in [-0.25, -0.2) is 9.98 Å². The van der Waals surface area contributed by atoms with Gasteiger partial charge in [-0.2, -0.15) is 0 Å². The average molecular weight is 550 g/mol. The summed E-state index contributed by atoms with van der Waals surface area (Å²) in [6, 6.07) is 12.2. The molecule has 1 fully saturated rings. The molecule has 1 aromatic carbocycles. The molecule has 1 atom stereocenters. The van der Waals surface area contributed by atoms with Crippen molar-refractivity contribution in [2.24, 2.45) is 21.6 Å². The van der Waals surface area contributed by atoms with Gasteiger partial charge in [-0.15, -0.1) is 0 Å². The normalized spacial score (nSPS) is 15.5. The molecule has 39 heavy (non-hydrogen) atoms. The maximum atomic E-state index is 13.3. The molecule has 4 N–H and O–H groups in total. The number of aliphatic imine (C=N–C) groups is 2. The molecule has 0 radical (unpaired) electrons. The SMILES string of the molecule is Cc1cc([C@H](N=C(N)C(=Nc2cccc(C(=O)N3CCN(c4ccccn4)CC3)c2O)NS)C(C)C)oc1C. The summed E-state index contributed by atoms with van der Waals surface area (Å²) >= 11 is 4.16. The number of amidine groups is 2. The van der Waals surface area contributed by atoms with Crippen molar-refractivity contribution in [3.63, 3.8) is 0 Å². The zero-order chi connectivity index (χ0) is 28.1. The molecule has 3 aromatic rings. The first-order valence-electron chi connectivity index (χ1n) is 12.9. The maximum Gasteiger partial charge on any atom is 0.257 e. The molecular formula is C28H35N7O3S. The van der Waals surface area contributed by atoms with Gasteiger partial charge in [0.15, 0.2) is 17.4 Å².